The highest BCUT2D eigenvalue weighted by atomic mass is 32.1. The van der Waals surface area contributed by atoms with Crippen molar-refractivity contribution in [1.82, 2.24) is 15.2 Å². The zero-order valence-corrected chi connectivity index (χ0v) is 15.2. The number of hydrogen-bond donors (Lipinski definition) is 1. The molecule has 6 nitrogen and oxygen atoms in total. The highest BCUT2D eigenvalue weighted by Crippen LogP contribution is 2.22. The predicted octanol–water partition coefficient (Wildman–Crippen LogP) is 3.19. The zero-order valence-electron chi connectivity index (χ0n) is 14.4. The van der Waals surface area contributed by atoms with Crippen LogP contribution in [0.5, 0.6) is 0 Å². The topological polar surface area (TPSA) is 71.5 Å². The predicted molar refractivity (Wildman–Crippen MR) is 96.1 cm³/mol. The van der Waals surface area contributed by atoms with Crippen molar-refractivity contribution in [1.29, 1.82) is 0 Å². The number of methoxy groups -OCH3 is 1. The van der Waals surface area contributed by atoms with Crippen LogP contribution in [-0.2, 0) is 16.1 Å². The average molecular weight is 377 g/mol. The van der Waals surface area contributed by atoms with Gasteiger partial charge in [-0.3, -0.25) is 9.69 Å². The summed E-state index contributed by atoms with van der Waals surface area (Å²) in [5.74, 6) is -0.493. The molecule has 1 aliphatic heterocycles. The van der Waals surface area contributed by atoms with Gasteiger partial charge in [-0.25, -0.2) is 14.2 Å². The lowest BCUT2D eigenvalue weighted by molar-refractivity contribution is -0.127. The number of amides is 2. The van der Waals surface area contributed by atoms with Crippen molar-refractivity contribution in [3.63, 3.8) is 0 Å². The largest absolute Gasteiger partial charge is 0.453 e. The molecule has 0 unspecified atom stereocenters. The lowest BCUT2D eigenvalue weighted by Gasteiger charge is -2.33. The molecule has 0 saturated carbocycles. The van der Waals surface area contributed by atoms with Crippen LogP contribution in [0, 0.1) is 5.82 Å². The van der Waals surface area contributed by atoms with Gasteiger partial charge >= 0.3 is 6.09 Å². The van der Waals surface area contributed by atoms with E-state index in [4.69, 9.17) is 4.74 Å². The Morgan fingerprint density at radius 2 is 2.12 bits per heavy atom. The van der Waals surface area contributed by atoms with Crippen LogP contribution in [0.1, 0.15) is 24.3 Å². The van der Waals surface area contributed by atoms with E-state index >= 15 is 0 Å². The third kappa shape index (κ3) is 4.19. The van der Waals surface area contributed by atoms with E-state index < -0.39 is 12.1 Å². The van der Waals surface area contributed by atoms with E-state index in [0.717, 1.165) is 29.1 Å². The molecule has 26 heavy (non-hydrogen) atoms. The summed E-state index contributed by atoms with van der Waals surface area (Å²) in [6.45, 7) is 0.812. The van der Waals surface area contributed by atoms with Crippen molar-refractivity contribution in [2.24, 2.45) is 0 Å². The van der Waals surface area contributed by atoms with Crippen molar-refractivity contribution in [2.75, 3.05) is 13.7 Å². The van der Waals surface area contributed by atoms with Crippen molar-refractivity contribution < 1.29 is 18.7 Å². The van der Waals surface area contributed by atoms with Gasteiger partial charge < -0.3 is 10.1 Å². The summed E-state index contributed by atoms with van der Waals surface area (Å²) in [5.41, 5.74) is 1.57. The molecular weight excluding hydrogens is 357 g/mol. The maximum atomic E-state index is 13.0. The van der Waals surface area contributed by atoms with E-state index in [0.29, 0.717) is 13.0 Å². The number of nitrogens with zero attached hydrogens (tertiary/aromatic N) is 2. The highest BCUT2D eigenvalue weighted by molar-refractivity contribution is 7.09. The summed E-state index contributed by atoms with van der Waals surface area (Å²) < 4.78 is 17.8. The van der Waals surface area contributed by atoms with Crippen LogP contribution in [0.25, 0.3) is 11.3 Å². The highest BCUT2D eigenvalue weighted by Gasteiger charge is 2.32. The van der Waals surface area contributed by atoms with Gasteiger partial charge in [0, 0.05) is 17.5 Å². The second-order valence-corrected chi connectivity index (χ2v) is 6.97. The van der Waals surface area contributed by atoms with Crippen LogP contribution >= 0.6 is 11.3 Å². The second kappa shape index (κ2) is 8.27. The first-order valence-electron chi connectivity index (χ1n) is 8.41. The Bertz CT molecular complexity index is 778. The Morgan fingerprint density at radius 3 is 2.85 bits per heavy atom. The van der Waals surface area contributed by atoms with Crippen LogP contribution in [0.15, 0.2) is 29.6 Å². The van der Waals surface area contributed by atoms with Crippen molar-refractivity contribution in [3.05, 3.63) is 40.5 Å². The fraction of sp³-hybridized carbons (Fsp3) is 0.389. The average Bonchev–Trinajstić information content (AvgIpc) is 3.15. The number of likely N-dealkylation sites (tertiary alicyclic amines) is 1. The Labute approximate surface area is 155 Å². The van der Waals surface area contributed by atoms with Crippen LogP contribution in [-0.4, -0.2) is 41.6 Å². The summed E-state index contributed by atoms with van der Waals surface area (Å²) in [6.07, 6.45) is 1.92. The van der Waals surface area contributed by atoms with E-state index in [9.17, 15) is 14.0 Å². The van der Waals surface area contributed by atoms with Gasteiger partial charge in [-0.05, 0) is 43.5 Å². The Kier molecular flexibility index (Phi) is 5.82. The van der Waals surface area contributed by atoms with Gasteiger partial charge in [-0.15, -0.1) is 11.3 Å². The van der Waals surface area contributed by atoms with Crippen molar-refractivity contribution in [2.45, 2.75) is 31.8 Å². The number of thiazole rings is 1. The Balaban J connectivity index is 1.60. The van der Waals surface area contributed by atoms with E-state index in [1.165, 1.54) is 35.5 Å². The number of benzene rings is 1. The normalized spacial score (nSPS) is 17.0. The second-order valence-electron chi connectivity index (χ2n) is 6.03. The van der Waals surface area contributed by atoms with Crippen LogP contribution in [0.4, 0.5) is 9.18 Å². The molecule has 2 amide bonds. The monoisotopic (exact) mass is 377 g/mol. The molecule has 0 spiro atoms. The molecule has 0 bridgehead atoms. The van der Waals surface area contributed by atoms with Gasteiger partial charge in [0.2, 0.25) is 5.91 Å². The summed E-state index contributed by atoms with van der Waals surface area (Å²) >= 11 is 1.42. The molecule has 2 aromatic rings. The first kappa shape index (κ1) is 18.3. The number of nitrogens with one attached hydrogen (secondary N) is 1. The van der Waals surface area contributed by atoms with Gasteiger partial charge in [0.05, 0.1) is 19.3 Å². The lowest BCUT2D eigenvalue weighted by Crippen LogP contribution is -2.51. The molecule has 2 heterocycles. The summed E-state index contributed by atoms with van der Waals surface area (Å²) in [6, 6.07) is 5.61. The first-order valence-corrected chi connectivity index (χ1v) is 9.29. The van der Waals surface area contributed by atoms with E-state index in [-0.39, 0.29) is 18.3 Å². The molecule has 1 aromatic carbocycles. The molecule has 1 aliphatic rings. The minimum Gasteiger partial charge on any atom is -0.453 e. The molecule has 0 radical (unpaired) electrons. The number of rotatable bonds is 4. The SMILES string of the molecule is COC(=O)N1CCCC[C@H]1C(=O)NCc1nc(-c2ccc(F)cc2)cs1. The van der Waals surface area contributed by atoms with Crippen LogP contribution in [0.3, 0.4) is 0 Å². The van der Waals surface area contributed by atoms with Gasteiger partial charge in [0.25, 0.3) is 0 Å². The molecule has 1 fully saturated rings. The first-order chi connectivity index (χ1) is 12.6. The third-order valence-corrected chi connectivity index (χ3v) is 5.17. The molecule has 0 aliphatic carbocycles. The molecular formula is C18H20FN3O3S. The molecule has 8 heteroatoms. The van der Waals surface area contributed by atoms with Gasteiger partial charge in [-0.1, -0.05) is 0 Å². The number of piperidine rings is 1. The summed E-state index contributed by atoms with van der Waals surface area (Å²) in [5, 5.41) is 5.47. The van der Waals surface area contributed by atoms with Gasteiger partial charge in [-0.2, -0.15) is 0 Å². The Morgan fingerprint density at radius 1 is 1.35 bits per heavy atom. The quantitative estimate of drug-likeness (QED) is 0.888. The summed E-state index contributed by atoms with van der Waals surface area (Å²) in [7, 11) is 1.32. The van der Waals surface area contributed by atoms with Crippen molar-refractivity contribution in [3.8, 4) is 11.3 Å². The maximum absolute atomic E-state index is 13.0. The fourth-order valence-electron chi connectivity index (χ4n) is 2.97. The molecule has 1 saturated heterocycles. The number of carbonyl (C=O) groups excluding carboxylic acids is 2. The Hall–Kier alpha value is -2.48. The third-order valence-electron chi connectivity index (χ3n) is 4.32. The van der Waals surface area contributed by atoms with Crippen molar-refractivity contribution >= 4 is 23.3 Å². The van der Waals surface area contributed by atoms with Gasteiger partial charge in [0.1, 0.15) is 16.9 Å². The van der Waals surface area contributed by atoms with E-state index in [1.807, 2.05) is 5.38 Å². The van der Waals surface area contributed by atoms with Crippen LogP contribution < -0.4 is 5.32 Å². The number of carbonyl (C=O) groups is 2. The smallest absolute Gasteiger partial charge is 0.410 e. The fourth-order valence-corrected chi connectivity index (χ4v) is 3.71. The van der Waals surface area contributed by atoms with E-state index in [2.05, 4.69) is 10.3 Å². The molecule has 1 aromatic heterocycles. The van der Waals surface area contributed by atoms with E-state index in [1.54, 1.807) is 12.1 Å². The van der Waals surface area contributed by atoms with Crippen LogP contribution in [0.2, 0.25) is 0 Å². The minimum absolute atomic E-state index is 0.200. The number of hydrogen-bond acceptors (Lipinski definition) is 5. The minimum atomic E-state index is -0.507. The summed E-state index contributed by atoms with van der Waals surface area (Å²) in [4.78, 5) is 30.3. The van der Waals surface area contributed by atoms with Gasteiger partial charge in [0.15, 0.2) is 0 Å². The molecule has 1 N–H and O–H groups in total. The molecule has 138 valence electrons. The molecule has 3 rings (SSSR count). The standard InChI is InChI=1S/C18H20FN3O3S/c1-25-18(24)22-9-3-2-4-15(22)17(23)20-10-16-21-14(11-26-16)12-5-7-13(19)8-6-12/h5-8,11,15H,2-4,9-10H2,1H3,(H,20,23)/t15-/m0/s1. The maximum Gasteiger partial charge on any atom is 0.410 e. The molecule has 1 atom stereocenters. The number of halogens is 1. The lowest BCUT2D eigenvalue weighted by atomic mass is 10.0. The zero-order chi connectivity index (χ0) is 18.5. The number of ether oxygens (including phenoxy) is 1. The number of aromatic nitrogens is 1.